The van der Waals surface area contributed by atoms with E-state index in [0.29, 0.717) is 16.8 Å². The van der Waals surface area contributed by atoms with Crippen molar-refractivity contribution in [1.29, 1.82) is 0 Å². The van der Waals surface area contributed by atoms with Crippen molar-refractivity contribution in [3.63, 3.8) is 0 Å². The Labute approximate surface area is 236 Å². The van der Waals surface area contributed by atoms with Crippen LogP contribution in [-0.2, 0) is 14.3 Å². The van der Waals surface area contributed by atoms with Crippen molar-refractivity contribution in [2.75, 3.05) is 18.5 Å². The third-order valence-electron chi connectivity index (χ3n) is 6.67. The molecule has 41 heavy (non-hydrogen) atoms. The maximum Gasteiger partial charge on any atom is 0.251 e. The van der Waals surface area contributed by atoms with Crippen LogP contribution in [0.15, 0.2) is 48.5 Å². The van der Waals surface area contributed by atoms with Crippen molar-refractivity contribution in [2.45, 2.75) is 56.5 Å². The molecule has 8 N–H and O–H groups in total. The highest BCUT2D eigenvalue weighted by molar-refractivity contribution is 5.98. The molecule has 0 spiro atoms. The number of Topliss-reactive ketones (excluding diaryl/α,β-unsaturated/α-hetero) is 1. The molecule has 3 rings (SSSR count). The number of benzene rings is 2. The zero-order valence-corrected chi connectivity index (χ0v) is 22.3. The van der Waals surface area contributed by atoms with Gasteiger partial charge >= 0.3 is 0 Å². The van der Waals surface area contributed by atoms with Gasteiger partial charge in [0.1, 0.15) is 24.9 Å². The van der Waals surface area contributed by atoms with Crippen molar-refractivity contribution >= 4 is 23.3 Å². The van der Waals surface area contributed by atoms with Gasteiger partial charge in [-0.1, -0.05) is 11.8 Å². The molecule has 1 aliphatic heterocycles. The molecular weight excluding hydrogens is 536 g/mol. The molecule has 1 saturated heterocycles. The van der Waals surface area contributed by atoms with E-state index in [9.17, 15) is 34.8 Å². The Hall–Kier alpha value is -3.67. The van der Waals surface area contributed by atoms with Gasteiger partial charge in [0.05, 0.1) is 18.8 Å². The molecule has 1 fully saturated rings. The molecule has 1 aliphatic rings. The second-order valence-corrected chi connectivity index (χ2v) is 9.70. The minimum Gasteiger partial charge on any atom is -0.394 e. The van der Waals surface area contributed by atoms with E-state index < -0.39 is 67.6 Å². The fourth-order valence-corrected chi connectivity index (χ4v) is 4.27. The monoisotopic (exact) mass is 570 g/mol. The molecule has 2 aromatic carbocycles. The second-order valence-electron chi connectivity index (χ2n) is 9.70. The van der Waals surface area contributed by atoms with Gasteiger partial charge in [0, 0.05) is 34.7 Å². The lowest BCUT2D eigenvalue weighted by Crippen LogP contribution is -2.55. The normalized spacial score (nSPS) is 23.4. The first kappa shape index (κ1) is 31.9. The van der Waals surface area contributed by atoms with Gasteiger partial charge in [-0.2, -0.15) is 0 Å². The van der Waals surface area contributed by atoms with Gasteiger partial charge in [-0.15, -0.1) is 0 Å². The van der Waals surface area contributed by atoms with E-state index in [1.54, 1.807) is 36.4 Å². The van der Waals surface area contributed by atoms with E-state index in [-0.39, 0.29) is 24.3 Å². The first-order valence-corrected chi connectivity index (χ1v) is 13.0. The zero-order chi connectivity index (χ0) is 30.1. The first-order chi connectivity index (χ1) is 19.5. The minimum absolute atomic E-state index is 0.0499. The van der Waals surface area contributed by atoms with Gasteiger partial charge in [-0.25, -0.2) is 0 Å². The number of anilines is 1. The number of nitrogens with one attached hydrogen (secondary N) is 2. The van der Waals surface area contributed by atoms with Crippen LogP contribution in [0.2, 0.25) is 0 Å². The third-order valence-corrected chi connectivity index (χ3v) is 6.67. The van der Waals surface area contributed by atoms with Gasteiger partial charge < -0.3 is 46.0 Å². The fourth-order valence-electron chi connectivity index (χ4n) is 4.27. The summed E-state index contributed by atoms with van der Waals surface area (Å²) in [5.74, 6) is 3.39. The summed E-state index contributed by atoms with van der Waals surface area (Å²) in [6.07, 6.45) is -6.41. The van der Waals surface area contributed by atoms with Crippen molar-refractivity contribution in [2.24, 2.45) is 5.92 Å². The lowest BCUT2D eigenvalue weighted by atomic mass is 9.87. The van der Waals surface area contributed by atoms with Gasteiger partial charge in [0.15, 0.2) is 12.1 Å². The van der Waals surface area contributed by atoms with E-state index in [2.05, 4.69) is 22.5 Å². The summed E-state index contributed by atoms with van der Waals surface area (Å²) >= 11 is 0. The molecule has 7 atom stereocenters. The Morgan fingerprint density at radius 2 is 1.51 bits per heavy atom. The summed E-state index contributed by atoms with van der Waals surface area (Å²) in [7, 11) is 0. The number of hydrogen-bond acceptors (Lipinski definition) is 10. The molecule has 1 unspecified atom stereocenters. The first-order valence-electron chi connectivity index (χ1n) is 13.0. The van der Waals surface area contributed by atoms with E-state index in [1.807, 2.05) is 0 Å². The number of hydrogen-bond donors (Lipinski definition) is 8. The van der Waals surface area contributed by atoms with Crippen LogP contribution < -0.4 is 10.6 Å². The van der Waals surface area contributed by atoms with Crippen LogP contribution in [-0.4, -0.2) is 98.2 Å². The van der Waals surface area contributed by atoms with Crippen LogP contribution in [0.1, 0.15) is 41.3 Å². The maximum absolute atomic E-state index is 12.4. The Morgan fingerprint density at radius 1 is 0.927 bits per heavy atom. The molecule has 220 valence electrons. The summed E-state index contributed by atoms with van der Waals surface area (Å²) < 4.78 is 5.10. The molecule has 12 nitrogen and oxygen atoms in total. The lowest BCUT2D eigenvalue weighted by molar-refractivity contribution is -0.270. The fraction of sp³-hybridized carbons (Fsp3) is 0.414. The molecule has 2 amide bonds. The van der Waals surface area contributed by atoms with E-state index >= 15 is 0 Å². The number of carbonyl (C=O) groups excluding carboxylic acids is 3. The minimum atomic E-state index is -1.42. The van der Waals surface area contributed by atoms with Gasteiger partial charge in [0.2, 0.25) is 5.91 Å². The summed E-state index contributed by atoms with van der Waals surface area (Å²) in [6, 6.07) is 11.8. The number of amides is 2. The number of ether oxygens (including phenoxy) is 1. The van der Waals surface area contributed by atoms with Crippen LogP contribution in [0.5, 0.6) is 0 Å². The average molecular weight is 571 g/mol. The van der Waals surface area contributed by atoms with Crippen LogP contribution in [0.3, 0.4) is 0 Å². The van der Waals surface area contributed by atoms with Gasteiger partial charge in [-0.3, -0.25) is 14.4 Å². The summed E-state index contributed by atoms with van der Waals surface area (Å²) in [5.41, 5.74) is 2.03. The predicted octanol–water partition coefficient (Wildman–Crippen LogP) is -1.11. The molecule has 1 heterocycles. The summed E-state index contributed by atoms with van der Waals surface area (Å²) in [4.78, 5) is 36.5. The smallest absolute Gasteiger partial charge is 0.251 e. The SMILES string of the molecule is C[C@@H](O)[C@H](NC(=O)c1ccc(C#Cc2ccc(NC(=O)CC[C@H]3C(O)O[C@H](CO)[C@@H](O)[C@@H]3O)cc2)cc1)C(=O)CO. The quantitative estimate of drug-likeness (QED) is 0.162. The number of aliphatic hydroxyl groups is 6. The topological polar surface area (TPSA) is 206 Å². The molecule has 0 aliphatic carbocycles. The molecule has 0 bridgehead atoms. The van der Waals surface area contributed by atoms with Crippen LogP contribution in [0.25, 0.3) is 0 Å². The standard InChI is InChI=1S/C29H34N2O10/c1-16(34)25(22(35)14-32)31-28(39)19-8-4-17(5-9-19)2-3-18-6-10-20(11-7-18)30-24(36)13-12-21-26(37)27(38)23(15-33)41-29(21)40/h4-11,16,21,23,25-27,29,32-34,37-38,40H,12-15H2,1H3,(H,30,36)(H,31,39)/t16-,21-,23-,25+,26-,27-,29?/m1/s1. The molecule has 2 aromatic rings. The van der Waals surface area contributed by atoms with Gasteiger partial charge in [-0.05, 0) is 61.9 Å². The molecule has 0 aromatic heterocycles. The summed E-state index contributed by atoms with van der Waals surface area (Å²) in [6.45, 7) is -0.0231. The Morgan fingerprint density at radius 3 is 2.05 bits per heavy atom. The molecule has 0 saturated carbocycles. The average Bonchev–Trinajstić information content (AvgIpc) is 2.96. The van der Waals surface area contributed by atoms with E-state index in [0.717, 1.165) is 0 Å². The Balaban J connectivity index is 1.52. The third kappa shape index (κ3) is 8.66. The number of rotatable bonds is 10. The number of aliphatic hydroxyl groups excluding tert-OH is 6. The van der Waals surface area contributed by atoms with E-state index in [1.165, 1.54) is 19.1 Å². The maximum atomic E-state index is 12.4. The van der Waals surface area contributed by atoms with Gasteiger partial charge in [0.25, 0.3) is 5.91 Å². The number of carbonyl (C=O) groups is 3. The van der Waals surface area contributed by atoms with Crippen molar-refractivity contribution in [3.8, 4) is 11.8 Å². The van der Waals surface area contributed by atoms with Crippen LogP contribution >= 0.6 is 0 Å². The lowest BCUT2D eigenvalue weighted by Gasteiger charge is -2.40. The van der Waals surface area contributed by atoms with E-state index in [4.69, 9.17) is 14.9 Å². The van der Waals surface area contributed by atoms with Crippen molar-refractivity contribution < 1.29 is 49.8 Å². The molecule has 12 heteroatoms. The summed E-state index contributed by atoms with van der Waals surface area (Å²) in [5, 5.41) is 63.2. The highest BCUT2D eigenvalue weighted by Crippen LogP contribution is 2.28. The highest BCUT2D eigenvalue weighted by Gasteiger charge is 2.43. The van der Waals surface area contributed by atoms with Crippen LogP contribution in [0, 0.1) is 17.8 Å². The van der Waals surface area contributed by atoms with Crippen molar-refractivity contribution in [1.82, 2.24) is 5.32 Å². The van der Waals surface area contributed by atoms with Crippen LogP contribution in [0.4, 0.5) is 5.69 Å². The number of ketones is 1. The Bertz CT molecular complexity index is 1250. The molecule has 0 radical (unpaired) electrons. The zero-order valence-electron chi connectivity index (χ0n) is 22.3. The Kier molecular flexibility index (Phi) is 11.5. The predicted molar refractivity (Wildman–Crippen MR) is 145 cm³/mol. The molecular formula is C29H34N2O10. The van der Waals surface area contributed by atoms with Crippen molar-refractivity contribution in [3.05, 3.63) is 65.2 Å². The highest BCUT2D eigenvalue weighted by atomic mass is 16.6. The largest absolute Gasteiger partial charge is 0.394 e. The second kappa shape index (κ2) is 14.8.